The Kier molecular flexibility index (Phi) is 6.80. The summed E-state index contributed by atoms with van der Waals surface area (Å²) in [5.74, 6) is -0.492. The molecule has 7 nitrogen and oxygen atoms in total. The zero-order valence-corrected chi connectivity index (χ0v) is 18.3. The molecular formula is C21H24F2N2O5S. The number of carbonyl (C=O) groups is 1. The van der Waals surface area contributed by atoms with Gasteiger partial charge in [0.1, 0.15) is 0 Å². The molecule has 0 radical (unpaired) electrons. The van der Waals surface area contributed by atoms with Gasteiger partial charge in [0.25, 0.3) is 5.91 Å². The first kappa shape index (κ1) is 23.0. The third-order valence-corrected chi connectivity index (χ3v) is 7.21. The van der Waals surface area contributed by atoms with Gasteiger partial charge in [0.2, 0.25) is 10.0 Å². The molecule has 0 spiro atoms. The van der Waals surface area contributed by atoms with Crippen LogP contribution in [0.1, 0.15) is 29.8 Å². The number of alkyl halides is 2. The molecule has 168 valence electrons. The minimum Gasteiger partial charge on any atom is -0.493 e. The number of methoxy groups -OCH3 is 1. The van der Waals surface area contributed by atoms with Crippen LogP contribution >= 0.6 is 0 Å². The SMILES string of the molecule is CCN(CC)S(=O)(=O)c1ccc2c(c1)CCN2C(=O)c1ccc(OC(F)F)c(OC)c1. The van der Waals surface area contributed by atoms with Crippen molar-refractivity contribution in [1.82, 2.24) is 4.31 Å². The lowest BCUT2D eigenvalue weighted by Crippen LogP contribution is -2.30. The number of amides is 1. The third kappa shape index (κ3) is 4.49. The van der Waals surface area contributed by atoms with Crippen molar-refractivity contribution in [2.75, 3.05) is 31.6 Å². The van der Waals surface area contributed by atoms with Crippen molar-refractivity contribution in [3.63, 3.8) is 0 Å². The average Bonchev–Trinajstić information content (AvgIpc) is 3.17. The highest BCUT2D eigenvalue weighted by Gasteiger charge is 2.29. The molecule has 0 unspecified atom stereocenters. The molecule has 0 bridgehead atoms. The summed E-state index contributed by atoms with van der Waals surface area (Å²) >= 11 is 0. The van der Waals surface area contributed by atoms with E-state index in [0.29, 0.717) is 31.7 Å². The number of carbonyl (C=O) groups excluding carboxylic acids is 1. The van der Waals surface area contributed by atoms with Crippen LogP contribution in [0.4, 0.5) is 14.5 Å². The van der Waals surface area contributed by atoms with Gasteiger partial charge in [0, 0.05) is 30.9 Å². The monoisotopic (exact) mass is 454 g/mol. The predicted octanol–water partition coefficient (Wildman–Crippen LogP) is 3.53. The van der Waals surface area contributed by atoms with Crippen LogP contribution in [-0.2, 0) is 16.4 Å². The highest BCUT2D eigenvalue weighted by Crippen LogP contribution is 2.34. The van der Waals surface area contributed by atoms with E-state index in [1.165, 1.54) is 40.6 Å². The molecule has 1 amide bonds. The van der Waals surface area contributed by atoms with Gasteiger partial charge in [-0.05, 0) is 48.4 Å². The Morgan fingerprint density at radius 1 is 1.13 bits per heavy atom. The zero-order chi connectivity index (χ0) is 22.8. The van der Waals surface area contributed by atoms with Crippen LogP contribution in [0.3, 0.4) is 0 Å². The molecule has 0 aromatic heterocycles. The Labute approximate surface area is 180 Å². The lowest BCUT2D eigenvalue weighted by molar-refractivity contribution is -0.0512. The maximum atomic E-state index is 13.0. The molecule has 0 saturated carbocycles. The first-order chi connectivity index (χ1) is 14.7. The smallest absolute Gasteiger partial charge is 0.387 e. The topological polar surface area (TPSA) is 76.2 Å². The summed E-state index contributed by atoms with van der Waals surface area (Å²) in [5.41, 5.74) is 1.62. The number of fused-ring (bicyclic) bond motifs is 1. The first-order valence-corrected chi connectivity index (χ1v) is 11.2. The minimum absolute atomic E-state index is 0.0197. The Morgan fingerprint density at radius 3 is 2.45 bits per heavy atom. The summed E-state index contributed by atoms with van der Waals surface area (Å²) in [5, 5.41) is 0. The molecule has 0 N–H and O–H groups in total. The second kappa shape index (κ2) is 9.19. The number of sulfonamides is 1. The molecule has 3 rings (SSSR count). The van der Waals surface area contributed by atoms with Gasteiger partial charge in [-0.2, -0.15) is 13.1 Å². The number of rotatable bonds is 8. The van der Waals surface area contributed by atoms with Crippen LogP contribution in [0.2, 0.25) is 0 Å². The molecule has 0 saturated heterocycles. The quantitative estimate of drug-likeness (QED) is 0.610. The van der Waals surface area contributed by atoms with E-state index in [-0.39, 0.29) is 27.9 Å². The molecule has 10 heteroatoms. The number of benzene rings is 2. The van der Waals surface area contributed by atoms with Crippen LogP contribution in [0.25, 0.3) is 0 Å². The van der Waals surface area contributed by atoms with Gasteiger partial charge in [-0.3, -0.25) is 4.79 Å². The van der Waals surface area contributed by atoms with Gasteiger partial charge in [0.15, 0.2) is 11.5 Å². The van der Waals surface area contributed by atoms with Crippen molar-refractivity contribution in [2.45, 2.75) is 31.8 Å². The van der Waals surface area contributed by atoms with Gasteiger partial charge in [-0.25, -0.2) is 8.42 Å². The van der Waals surface area contributed by atoms with Crippen molar-refractivity contribution in [2.24, 2.45) is 0 Å². The van der Waals surface area contributed by atoms with E-state index in [2.05, 4.69) is 4.74 Å². The maximum Gasteiger partial charge on any atom is 0.387 e. The number of hydrogen-bond acceptors (Lipinski definition) is 5. The number of halogens is 2. The van der Waals surface area contributed by atoms with Crippen LogP contribution < -0.4 is 14.4 Å². The number of ether oxygens (including phenoxy) is 2. The van der Waals surface area contributed by atoms with E-state index in [1.54, 1.807) is 26.0 Å². The van der Waals surface area contributed by atoms with Crippen molar-refractivity contribution >= 4 is 21.6 Å². The standard InChI is InChI=1S/C21H24F2N2O5S/c1-4-24(5-2)31(27,28)16-7-8-17-14(12-16)10-11-25(17)20(26)15-6-9-18(30-21(22)23)19(13-15)29-3/h6-9,12-13,21H,4-5,10-11H2,1-3H3. The summed E-state index contributed by atoms with van der Waals surface area (Å²) in [7, 11) is -2.30. The van der Waals surface area contributed by atoms with E-state index in [0.717, 1.165) is 5.56 Å². The number of anilines is 1. The average molecular weight is 454 g/mol. The zero-order valence-electron chi connectivity index (χ0n) is 17.5. The van der Waals surface area contributed by atoms with Gasteiger partial charge in [-0.1, -0.05) is 13.8 Å². The number of nitrogens with zero attached hydrogens (tertiary/aromatic N) is 2. The second-order valence-electron chi connectivity index (χ2n) is 6.83. The molecule has 2 aromatic carbocycles. The van der Waals surface area contributed by atoms with Crippen molar-refractivity contribution < 1.29 is 31.5 Å². The van der Waals surface area contributed by atoms with Crippen molar-refractivity contribution in [1.29, 1.82) is 0 Å². The summed E-state index contributed by atoms with van der Waals surface area (Å²) in [6.45, 7) is 1.66. The summed E-state index contributed by atoms with van der Waals surface area (Å²) < 4.78 is 61.4. The fraction of sp³-hybridized carbons (Fsp3) is 0.381. The van der Waals surface area contributed by atoms with E-state index in [9.17, 15) is 22.0 Å². The lowest BCUT2D eigenvalue weighted by Gasteiger charge is -2.20. The molecule has 1 aliphatic heterocycles. The van der Waals surface area contributed by atoms with E-state index in [4.69, 9.17) is 4.74 Å². The molecule has 2 aromatic rings. The second-order valence-corrected chi connectivity index (χ2v) is 8.77. The van der Waals surface area contributed by atoms with Gasteiger partial charge in [0.05, 0.1) is 12.0 Å². The molecule has 1 aliphatic rings. The van der Waals surface area contributed by atoms with Crippen LogP contribution in [0, 0.1) is 0 Å². The normalized spacial score (nSPS) is 13.6. The molecule has 0 fully saturated rings. The van der Waals surface area contributed by atoms with Gasteiger partial charge < -0.3 is 14.4 Å². The molecular weight excluding hydrogens is 430 g/mol. The van der Waals surface area contributed by atoms with Crippen LogP contribution in [0.5, 0.6) is 11.5 Å². The van der Waals surface area contributed by atoms with E-state index in [1.807, 2.05) is 0 Å². The Morgan fingerprint density at radius 2 is 1.84 bits per heavy atom. The molecule has 31 heavy (non-hydrogen) atoms. The highest BCUT2D eigenvalue weighted by molar-refractivity contribution is 7.89. The third-order valence-electron chi connectivity index (χ3n) is 5.16. The molecule has 0 aliphatic carbocycles. The summed E-state index contributed by atoms with van der Waals surface area (Å²) in [4.78, 5) is 14.8. The lowest BCUT2D eigenvalue weighted by atomic mass is 10.1. The largest absolute Gasteiger partial charge is 0.493 e. The summed E-state index contributed by atoms with van der Waals surface area (Å²) in [6.07, 6.45) is 0.506. The Hall–Kier alpha value is -2.72. The highest BCUT2D eigenvalue weighted by atomic mass is 32.2. The van der Waals surface area contributed by atoms with E-state index < -0.39 is 16.6 Å². The van der Waals surface area contributed by atoms with E-state index >= 15 is 0 Å². The van der Waals surface area contributed by atoms with Crippen molar-refractivity contribution in [3.05, 3.63) is 47.5 Å². The Bertz CT molecular complexity index is 1070. The van der Waals surface area contributed by atoms with Crippen LogP contribution in [-0.4, -0.2) is 52.0 Å². The predicted molar refractivity (Wildman–Crippen MR) is 112 cm³/mol. The van der Waals surface area contributed by atoms with Crippen molar-refractivity contribution in [3.8, 4) is 11.5 Å². The van der Waals surface area contributed by atoms with Gasteiger partial charge >= 0.3 is 6.61 Å². The minimum atomic E-state index is -3.60. The Balaban J connectivity index is 1.89. The van der Waals surface area contributed by atoms with Crippen LogP contribution in [0.15, 0.2) is 41.3 Å². The molecule has 1 heterocycles. The first-order valence-electron chi connectivity index (χ1n) is 9.80. The van der Waals surface area contributed by atoms with Gasteiger partial charge in [-0.15, -0.1) is 0 Å². The number of hydrogen-bond donors (Lipinski definition) is 0. The fourth-order valence-corrected chi connectivity index (χ4v) is 5.12. The summed E-state index contributed by atoms with van der Waals surface area (Å²) in [6, 6.07) is 8.72. The maximum absolute atomic E-state index is 13.0. The fourth-order valence-electron chi connectivity index (χ4n) is 3.61. The molecule has 0 atom stereocenters.